The van der Waals surface area contributed by atoms with Crippen LogP contribution in [0.2, 0.25) is 0 Å². The summed E-state index contributed by atoms with van der Waals surface area (Å²) >= 11 is 1.47. The molecule has 0 fully saturated rings. The molecule has 0 spiro atoms. The minimum Gasteiger partial charge on any atom is -0.358 e. The van der Waals surface area contributed by atoms with Crippen LogP contribution in [-0.4, -0.2) is 24.5 Å². The van der Waals surface area contributed by atoms with Crippen molar-refractivity contribution in [2.45, 2.75) is 17.1 Å². The maximum Gasteiger partial charge on any atom is 0.232 e. The number of carbonyl (C=O) groups is 2. The summed E-state index contributed by atoms with van der Waals surface area (Å²) in [6, 6.07) is 7.17. The molecule has 1 aromatic carbocycles. The Labute approximate surface area is 93.3 Å². The van der Waals surface area contributed by atoms with Crippen LogP contribution in [0.4, 0.5) is 0 Å². The molecular weight excluding hydrogens is 210 g/mol. The fraction of sp³-hybridized carbons (Fsp3) is 0.273. The van der Waals surface area contributed by atoms with Gasteiger partial charge in [-0.3, -0.25) is 9.59 Å². The van der Waals surface area contributed by atoms with Gasteiger partial charge in [-0.2, -0.15) is 0 Å². The molecule has 0 saturated heterocycles. The normalized spacial score (nSPS) is 11.9. The van der Waals surface area contributed by atoms with Crippen LogP contribution in [0.3, 0.4) is 0 Å². The van der Waals surface area contributed by atoms with Crippen molar-refractivity contribution in [3.63, 3.8) is 0 Å². The molecule has 80 valence electrons. The van der Waals surface area contributed by atoms with E-state index in [0.717, 1.165) is 11.2 Å². The first-order valence-corrected chi connectivity index (χ1v) is 5.49. The van der Waals surface area contributed by atoms with Crippen LogP contribution in [0.25, 0.3) is 0 Å². The molecule has 0 heterocycles. The lowest BCUT2D eigenvalue weighted by Gasteiger charge is -2.09. The topological polar surface area (TPSA) is 46.2 Å². The monoisotopic (exact) mass is 223 g/mol. The molecule has 1 unspecified atom stereocenters. The predicted octanol–water partition coefficient (Wildman–Crippen LogP) is 1.73. The van der Waals surface area contributed by atoms with Crippen LogP contribution < -0.4 is 5.32 Å². The first kappa shape index (κ1) is 11.8. The number of rotatable bonds is 4. The molecule has 1 N–H and O–H groups in total. The zero-order chi connectivity index (χ0) is 11.3. The lowest BCUT2D eigenvalue weighted by Crippen LogP contribution is -2.27. The van der Waals surface area contributed by atoms with E-state index in [0.29, 0.717) is 5.56 Å². The summed E-state index contributed by atoms with van der Waals surface area (Å²) in [7, 11) is 1.62. The molecule has 3 nitrogen and oxygen atoms in total. The second kappa shape index (κ2) is 5.56. The molecule has 1 aromatic rings. The van der Waals surface area contributed by atoms with E-state index in [1.165, 1.54) is 11.8 Å². The fourth-order valence-corrected chi connectivity index (χ4v) is 2.01. The second-order valence-electron chi connectivity index (χ2n) is 3.06. The van der Waals surface area contributed by atoms with E-state index in [2.05, 4.69) is 5.32 Å². The fourth-order valence-electron chi connectivity index (χ4n) is 1.09. The largest absolute Gasteiger partial charge is 0.358 e. The predicted molar refractivity (Wildman–Crippen MR) is 61.2 cm³/mol. The SMILES string of the molecule is CNC(=O)C(C)Sc1ccc(C=O)cc1. The van der Waals surface area contributed by atoms with E-state index in [9.17, 15) is 9.59 Å². The first-order valence-electron chi connectivity index (χ1n) is 4.61. The summed E-state index contributed by atoms with van der Waals surface area (Å²) in [5.74, 6) is -0.000496. The Balaban J connectivity index is 2.64. The third-order valence-electron chi connectivity index (χ3n) is 1.94. The van der Waals surface area contributed by atoms with Crippen molar-refractivity contribution in [2.75, 3.05) is 7.05 Å². The molecule has 1 amide bonds. The molecule has 1 rings (SSSR count). The average molecular weight is 223 g/mol. The number of benzene rings is 1. The Morgan fingerprint density at radius 1 is 1.40 bits per heavy atom. The lowest BCUT2D eigenvalue weighted by atomic mass is 10.2. The molecule has 1 atom stereocenters. The summed E-state index contributed by atoms with van der Waals surface area (Å²) in [6.45, 7) is 1.84. The van der Waals surface area contributed by atoms with Gasteiger partial charge in [-0.05, 0) is 19.1 Å². The zero-order valence-corrected chi connectivity index (χ0v) is 9.51. The molecule has 0 saturated carbocycles. The van der Waals surface area contributed by atoms with Gasteiger partial charge in [0.25, 0.3) is 0 Å². The van der Waals surface area contributed by atoms with Crippen molar-refractivity contribution in [2.24, 2.45) is 0 Å². The smallest absolute Gasteiger partial charge is 0.232 e. The van der Waals surface area contributed by atoms with E-state index in [4.69, 9.17) is 0 Å². The molecule has 0 aliphatic heterocycles. The number of hydrogen-bond donors (Lipinski definition) is 1. The van der Waals surface area contributed by atoms with Crippen molar-refractivity contribution in [1.82, 2.24) is 5.32 Å². The van der Waals surface area contributed by atoms with Gasteiger partial charge in [0.15, 0.2) is 0 Å². The van der Waals surface area contributed by atoms with E-state index in [-0.39, 0.29) is 11.2 Å². The third-order valence-corrected chi connectivity index (χ3v) is 3.06. The quantitative estimate of drug-likeness (QED) is 0.624. The van der Waals surface area contributed by atoms with Crippen LogP contribution >= 0.6 is 11.8 Å². The van der Waals surface area contributed by atoms with Crippen LogP contribution in [0.5, 0.6) is 0 Å². The molecular formula is C11H13NO2S. The van der Waals surface area contributed by atoms with Crippen molar-refractivity contribution in [1.29, 1.82) is 0 Å². The van der Waals surface area contributed by atoms with Gasteiger partial charge in [-0.1, -0.05) is 12.1 Å². The second-order valence-corrected chi connectivity index (χ2v) is 4.48. The Morgan fingerprint density at radius 3 is 2.47 bits per heavy atom. The third kappa shape index (κ3) is 3.40. The number of nitrogens with one attached hydrogen (secondary N) is 1. The Morgan fingerprint density at radius 2 is 2.00 bits per heavy atom. The van der Waals surface area contributed by atoms with Crippen LogP contribution in [0.1, 0.15) is 17.3 Å². The van der Waals surface area contributed by atoms with Crippen molar-refractivity contribution in [3.8, 4) is 0 Å². The van der Waals surface area contributed by atoms with Gasteiger partial charge < -0.3 is 5.32 Å². The van der Waals surface area contributed by atoms with Gasteiger partial charge in [0, 0.05) is 17.5 Å². The van der Waals surface area contributed by atoms with Gasteiger partial charge in [-0.25, -0.2) is 0 Å². The van der Waals surface area contributed by atoms with Crippen molar-refractivity contribution >= 4 is 24.0 Å². The van der Waals surface area contributed by atoms with Gasteiger partial charge >= 0.3 is 0 Å². The zero-order valence-electron chi connectivity index (χ0n) is 8.69. The molecule has 0 aliphatic carbocycles. The van der Waals surface area contributed by atoms with Gasteiger partial charge in [0.1, 0.15) is 6.29 Å². The summed E-state index contributed by atoms with van der Waals surface area (Å²) in [5, 5.41) is 2.46. The van der Waals surface area contributed by atoms with E-state index in [1.807, 2.05) is 19.1 Å². The number of amides is 1. The molecule has 15 heavy (non-hydrogen) atoms. The number of hydrogen-bond acceptors (Lipinski definition) is 3. The number of aldehydes is 1. The van der Waals surface area contributed by atoms with E-state index < -0.39 is 0 Å². The highest BCUT2D eigenvalue weighted by atomic mass is 32.2. The molecule has 4 heteroatoms. The maximum atomic E-state index is 11.3. The average Bonchev–Trinajstić information content (AvgIpc) is 2.29. The summed E-state index contributed by atoms with van der Waals surface area (Å²) in [6.07, 6.45) is 0.802. The summed E-state index contributed by atoms with van der Waals surface area (Å²) in [5.41, 5.74) is 0.645. The number of thioether (sulfide) groups is 1. The van der Waals surface area contributed by atoms with Crippen LogP contribution in [0, 0.1) is 0 Å². The van der Waals surface area contributed by atoms with Crippen molar-refractivity contribution in [3.05, 3.63) is 29.8 Å². The molecule has 0 bridgehead atoms. The Hall–Kier alpha value is -1.29. The molecule has 0 aliphatic rings. The maximum absolute atomic E-state index is 11.3. The van der Waals surface area contributed by atoms with Gasteiger partial charge in [0.2, 0.25) is 5.91 Å². The van der Waals surface area contributed by atoms with E-state index in [1.54, 1.807) is 19.2 Å². The van der Waals surface area contributed by atoms with Gasteiger partial charge in [0.05, 0.1) is 5.25 Å². The molecule has 0 aromatic heterocycles. The van der Waals surface area contributed by atoms with Crippen molar-refractivity contribution < 1.29 is 9.59 Å². The Bertz CT molecular complexity index is 348. The minimum atomic E-state index is -0.128. The van der Waals surface area contributed by atoms with Crippen LogP contribution in [0.15, 0.2) is 29.2 Å². The van der Waals surface area contributed by atoms with Crippen LogP contribution in [-0.2, 0) is 4.79 Å². The highest BCUT2D eigenvalue weighted by molar-refractivity contribution is 8.00. The standard InChI is InChI=1S/C11H13NO2S/c1-8(11(14)12-2)15-10-5-3-9(7-13)4-6-10/h3-8H,1-2H3,(H,12,14). The minimum absolute atomic E-state index is 0.000496. The highest BCUT2D eigenvalue weighted by Crippen LogP contribution is 2.23. The van der Waals surface area contributed by atoms with Gasteiger partial charge in [-0.15, -0.1) is 11.8 Å². The number of carbonyl (C=O) groups excluding carboxylic acids is 2. The highest BCUT2D eigenvalue weighted by Gasteiger charge is 2.11. The lowest BCUT2D eigenvalue weighted by molar-refractivity contribution is -0.119. The Kier molecular flexibility index (Phi) is 4.37. The van der Waals surface area contributed by atoms with E-state index >= 15 is 0 Å². The summed E-state index contributed by atoms with van der Waals surface area (Å²) < 4.78 is 0. The molecule has 0 radical (unpaired) electrons. The first-order chi connectivity index (χ1) is 7.17. The summed E-state index contributed by atoms with van der Waals surface area (Å²) in [4.78, 5) is 22.7.